The van der Waals surface area contributed by atoms with Gasteiger partial charge in [-0.2, -0.15) is 0 Å². The molecule has 0 fully saturated rings. The number of amides is 1. The summed E-state index contributed by atoms with van der Waals surface area (Å²) in [6.07, 6.45) is 1.59. The number of aryl methyl sites for hydroxylation is 1. The molecule has 0 saturated heterocycles. The van der Waals surface area contributed by atoms with Crippen molar-refractivity contribution in [2.45, 2.75) is 39.5 Å². The lowest BCUT2D eigenvalue weighted by Crippen LogP contribution is -2.26. The van der Waals surface area contributed by atoms with Gasteiger partial charge in [-0.05, 0) is 42.0 Å². The summed E-state index contributed by atoms with van der Waals surface area (Å²) >= 11 is 0. The van der Waals surface area contributed by atoms with E-state index in [0.29, 0.717) is 12.3 Å². The first-order valence-corrected chi connectivity index (χ1v) is 8.78. The molecule has 126 valence electrons. The topological polar surface area (TPSA) is 32.3 Å². The van der Waals surface area contributed by atoms with Crippen LogP contribution >= 0.6 is 0 Å². The van der Waals surface area contributed by atoms with Crippen molar-refractivity contribution in [1.29, 1.82) is 0 Å². The SMILES string of the molecule is Cc1cccc(C(C)C)c1NC(=O)CCN1CCc2ccccc21. The fraction of sp³-hybridized carbons (Fsp3) is 0.381. The van der Waals surface area contributed by atoms with Gasteiger partial charge in [0.05, 0.1) is 0 Å². The fourth-order valence-corrected chi connectivity index (χ4v) is 3.42. The molecule has 1 heterocycles. The quantitative estimate of drug-likeness (QED) is 0.878. The van der Waals surface area contributed by atoms with E-state index < -0.39 is 0 Å². The maximum atomic E-state index is 12.5. The predicted octanol–water partition coefficient (Wildman–Crippen LogP) is 4.51. The van der Waals surface area contributed by atoms with E-state index in [9.17, 15) is 4.79 Å². The number of para-hydroxylation sites is 2. The molecular formula is C21H26N2O. The Labute approximate surface area is 144 Å². The molecule has 1 aliphatic heterocycles. The molecule has 0 aliphatic carbocycles. The minimum absolute atomic E-state index is 0.0931. The van der Waals surface area contributed by atoms with Crippen LogP contribution in [0.15, 0.2) is 42.5 Å². The summed E-state index contributed by atoms with van der Waals surface area (Å²) in [6, 6.07) is 14.7. The van der Waals surface area contributed by atoms with Gasteiger partial charge in [-0.1, -0.05) is 50.2 Å². The standard InChI is InChI=1S/C21H26N2O/c1-15(2)18-9-6-7-16(3)21(18)22-20(24)12-14-23-13-11-17-8-4-5-10-19(17)23/h4-10,15H,11-14H2,1-3H3,(H,22,24). The van der Waals surface area contributed by atoms with Crippen molar-refractivity contribution in [3.05, 3.63) is 59.2 Å². The van der Waals surface area contributed by atoms with Gasteiger partial charge in [0.15, 0.2) is 0 Å². The molecule has 2 aromatic rings. The number of anilines is 2. The van der Waals surface area contributed by atoms with Crippen molar-refractivity contribution in [3.8, 4) is 0 Å². The van der Waals surface area contributed by atoms with E-state index in [4.69, 9.17) is 0 Å². The number of rotatable bonds is 5. The molecule has 0 radical (unpaired) electrons. The zero-order valence-electron chi connectivity index (χ0n) is 14.8. The minimum Gasteiger partial charge on any atom is -0.370 e. The van der Waals surface area contributed by atoms with Gasteiger partial charge in [0.2, 0.25) is 5.91 Å². The Morgan fingerprint density at radius 1 is 1.17 bits per heavy atom. The molecule has 3 rings (SSSR count). The summed E-state index contributed by atoms with van der Waals surface area (Å²) in [6.45, 7) is 8.15. The lowest BCUT2D eigenvalue weighted by atomic mass is 9.98. The summed E-state index contributed by atoms with van der Waals surface area (Å²) in [4.78, 5) is 14.8. The Kier molecular flexibility index (Phi) is 4.89. The first-order chi connectivity index (χ1) is 11.6. The second kappa shape index (κ2) is 7.08. The van der Waals surface area contributed by atoms with Gasteiger partial charge in [-0.3, -0.25) is 4.79 Å². The Bertz CT molecular complexity index is 736. The third kappa shape index (κ3) is 3.45. The van der Waals surface area contributed by atoms with Crippen molar-refractivity contribution in [1.82, 2.24) is 0 Å². The van der Waals surface area contributed by atoms with E-state index in [1.54, 1.807) is 0 Å². The number of hydrogen-bond acceptors (Lipinski definition) is 2. The van der Waals surface area contributed by atoms with Crippen molar-refractivity contribution in [3.63, 3.8) is 0 Å². The van der Waals surface area contributed by atoms with E-state index in [2.05, 4.69) is 73.5 Å². The molecule has 0 saturated carbocycles. The molecule has 0 unspecified atom stereocenters. The van der Waals surface area contributed by atoms with E-state index in [1.165, 1.54) is 16.8 Å². The summed E-state index contributed by atoms with van der Waals surface area (Å²) in [5.74, 6) is 0.487. The number of nitrogens with one attached hydrogen (secondary N) is 1. The molecule has 0 bridgehead atoms. The average Bonchev–Trinajstić information content (AvgIpc) is 2.98. The summed E-state index contributed by atoms with van der Waals surface area (Å²) in [5, 5.41) is 3.14. The Morgan fingerprint density at radius 2 is 1.96 bits per heavy atom. The number of carbonyl (C=O) groups is 1. The fourth-order valence-electron chi connectivity index (χ4n) is 3.42. The maximum Gasteiger partial charge on any atom is 0.226 e. The van der Waals surface area contributed by atoms with Crippen LogP contribution in [0.1, 0.15) is 42.9 Å². The number of hydrogen-bond donors (Lipinski definition) is 1. The largest absolute Gasteiger partial charge is 0.370 e. The highest BCUT2D eigenvalue weighted by atomic mass is 16.1. The van der Waals surface area contributed by atoms with Crippen LogP contribution in [0.3, 0.4) is 0 Å². The molecule has 1 N–H and O–H groups in total. The number of nitrogens with zero attached hydrogens (tertiary/aromatic N) is 1. The monoisotopic (exact) mass is 322 g/mol. The normalized spacial score (nSPS) is 13.2. The van der Waals surface area contributed by atoms with Crippen molar-refractivity contribution in [2.75, 3.05) is 23.3 Å². The van der Waals surface area contributed by atoms with E-state index in [1.807, 2.05) is 0 Å². The molecule has 24 heavy (non-hydrogen) atoms. The first-order valence-electron chi connectivity index (χ1n) is 8.78. The van der Waals surface area contributed by atoms with Crippen LogP contribution < -0.4 is 10.2 Å². The second-order valence-corrected chi connectivity index (χ2v) is 6.86. The highest BCUT2D eigenvalue weighted by molar-refractivity contribution is 5.92. The van der Waals surface area contributed by atoms with Crippen molar-refractivity contribution >= 4 is 17.3 Å². The van der Waals surface area contributed by atoms with Crippen LogP contribution in [-0.2, 0) is 11.2 Å². The van der Waals surface area contributed by atoms with E-state index in [0.717, 1.165) is 30.8 Å². The Hall–Kier alpha value is -2.29. The molecule has 1 amide bonds. The van der Waals surface area contributed by atoms with Crippen molar-refractivity contribution in [2.24, 2.45) is 0 Å². The lowest BCUT2D eigenvalue weighted by molar-refractivity contribution is -0.116. The van der Waals surface area contributed by atoms with Gasteiger partial charge in [0.1, 0.15) is 0 Å². The molecule has 1 aliphatic rings. The first kappa shape index (κ1) is 16.6. The molecule has 3 nitrogen and oxygen atoms in total. The smallest absolute Gasteiger partial charge is 0.226 e. The predicted molar refractivity (Wildman–Crippen MR) is 101 cm³/mol. The van der Waals surface area contributed by atoms with Gasteiger partial charge in [-0.15, -0.1) is 0 Å². The highest BCUT2D eigenvalue weighted by Crippen LogP contribution is 2.29. The number of carbonyl (C=O) groups excluding carboxylic acids is 1. The zero-order valence-corrected chi connectivity index (χ0v) is 14.8. The highest BCUT2D eigenvalue weighted by Gasteiger charge is 2.19. The molecule has 3 heteroatoms. The summed E-state index contributed by atoms with van der Waals surface area (Å²) in [5.41, 5.74) is 5.98. The van der Waals surface area contributed by atoms with Crippen LogP contribution in [0.2, 0.25) is 0 Å². The molecule has 2 aromatic carbocycles. The van der Waals surface area contributed by atoms with Crippen molar-refractivity contribution < 1.29 is 4.79 Å². The van der Waals surface area contributed by atoms with Crippen LogP contribution in [0, 0.1) is 6.92 Å². The maximum absolute atomic E-state index is 12.5. The van der Waals surface area contributed by atoms with E-state index >= 15 is 0 Å². The third-order valence-electron chi connectivity index (χ3n) is 4.78. The molecule has 0 spiro atoms. The van der Waals surface area contributed by atoms with Crippen LogP contribution in [0.25, 0.3) is 0 Å². The second-order valence-electron chi connectivity index (χ2n) is 6.86. The summed E-state index contributed by atoms with van der Waals surface area (Å²) in [7, 11) is 0. The molecule has 0 atom stereocenters. The molecular weight excluding hydrogens is 296 g/mol. The number of fused-ring (bicyclic) bond motifs is 1. The van der Waals surface area contributed by atoms with Crippen LogP contribution in [0.5, 0.6) is 0 Å². The zero-order chi connectivity index (χ0) is 17.1. The van der Waals surface area contributed by atoms with Gasteiger partial charge in [0, 0.05) is 30.9 Å². The average molecular weight is 322 g/mol. The van der Waals surface area contributed by atoms with Gasteiger partial charge in [0.25, 0.3) is 0 Å². The minimum atomic E-state index is 0.0931. The van der Waals surface area contributed by atoms with Gasteiger partial charge < -0.3 is 10.2 Å². The lowest BCUT2D eigenvalue weighted by Gasteiger charge is -2.20. The van der Waals surface area contributed by atoms with Crippen LogP contribution in [-0.4, -0.2) is 19.0 Å². The van der Waals surface area contributed by atoms with Gasteiger partial charge >= 0.3 is 0 Å². The Morgan fingerprint density at radius 3 is 2.75 bits per heavy atom. The third-order valence-corrected chi connectivity index (χ3v) is 4.78. The Balaban J connectivity index is 1.64. The van der Waals surface area contributed by atoms with Crippen LogP contribution in [0.4, 0.5) is 11.4 Å². The van der Waals surface area contributed by atoms with E-state index in [-0.39, 0.29) is 5.91 Å². The molecule has 0 aromatic heterocycles. The van der Waals surface area contributed by atoms with Gasteiger partial charge in [-0.25, -0.2) is 0 Å². The summed E-state index contributed by atoms with van der Waals surface area (Å²) < 4.78 is 0. The number of benzene rings is 2.